The third-order valence-electron chi connectivity index (χ3n) is 4.94. The van der Waals surface area contributed by atoms with Crippen LogP contribution >= 0.6 is 11.6 Å². The zero-order valence-electron chi connectivity index (χ0n) is 15.4. The van der Waals surface area contributed by atoms with Crippen LogP contribution in [-0.2, 0) is 14.8 Å². The highest BCUT2D eigenvalue weighted by atomic mass is 35.5. The molecule has 1 saturated heterocycles. The van der Waals surface area contributed by atoms with Gasteiger partial charge in [-0.3, -0.25) is 4.79 Å². The van der Waals surface area contributed by atoms with E-state index in [0.29, 0.717) is 24.4 Å². The van der Waals surface area contributed by atoms with Gasteiger partial charge in [0.2, 0.25) is 15.9 Å². The number of piperidine rings is 1. The minimum Gasteiger partial charge on any atom is -0.325 e. The van der Waals surface area contributed by atoms with Gasteiger partial charge in [-0.1, -0.05) is 29.8 Å². The Hall–Kier alpha value is -1.89. The van der Waals surface area contributed by atoms with E-state index in [4.69, 9.17) is 11.6 Å². The van der Waals surface area contributed by atoms with E-state index in [9.17, 15) is 13.2 Å². The van der Waals surface area contributed by atoms with Crippen molar-refractivity contribution in [1.82, 2.24) is 4.31 Å². The van der Waals surface area contributed by atoms with Gasteiger partial charge in [0.1, 0.15) is 0 Å². The fourth-order valence-corrected chi connectivity index (χ4v) is 5.02. The molecule has 3 rings (SSSR count). The zero-order chi connectivity index (χ0) is 19.6. The summed E-state index contributed by atoms with van der Waals surface area (Å²) in [6.07, 6.45) is 1.32. The molecule has 0 saturated carbocycles. The number of hydrogen-bond acceptors (Lipinski definition) is 3. The summed E-state index contributed by atoms with van der Waals surface area (Å²) in [5.41, 5.74) is 2.79. The number of anilines is 1. The molecule has 0 spiro atoms. The summed E-state index contributed by atoms with van der Waals surface area (Å²) in [5, 5.41) is 3.47. The van der Waals surface area contributed by atoms with Crippen molar-refractivity contribution in [2.45, 2.75) is 31.6 Å². The molecule has 7 heteroatoms. The lowest BCUT2D eigenvalue weighted by atomic mass is 9.98. The summed E-state index contributed by atoms with van der Waals surface area (Å²) in [6.45, 7) is 4.49. The highest BCUT2D eigenvalue weighted by Gasteiger charge is 2.33. The number of carbonyl (C=O) groups is 1. The highest BCUT2D eigenvalue weighted by molar-refractivity contribution is 7.89. The predicted molar refractivity (Wildman–Crippen MR) is 107 cm³/mol. The van der Waals surface area contributed by atoms with Gasteiger partial charge in [-0.2, -0.15) is 4.31 Å². The number of hydrogen-bond donors (Lipinski definition) is 1. The lowest BCUT2D eigenvalue weighted by Gasteiger charge is -2.31. The molecule has 1 heterocycles. The van der Waals surface area contributed by atoms with Crippen LogP contribution in [0.15, 0.2) is 47.4 Å². The molecule has 27 heavy (non-hydrogen) atoms. The smallest absolute Gasteiger partial charge is 0.243 e. The van der Waals surface area contributed by atoms with Crippen molar-refractivity contribution in [2.75, 3.05) is 18.4 Å². The summed E-state index contributed by atoms with van der Waals surface area (Å²) in [6, 6.07) is 12.0. The van der Waals surface area contributed by atoms with E-state index < -0.39 is 10.0 Å². The standard InChI is InChI=1S/C20H23ClN2O3S/c1-14-5-3-6-15(2)19(14)22-20(24)16-7-4-12-23(13-16)27(25,26)18-10-8-17(21)9-11-18/h3,5-6,8-11,16H,4,7,12-13H2,1-2H3,(H,22,24). The molecule has 1 N–H and O–H groups in total. The molecule has 5 nitrogen and oxygen atoms in total. The molecular formula is C20H23ClN2O3S. The van der Waals surface area contributed by atoms with Crippen molar-refractivity contribution >= 4 is 33.2 Å². The van der Waals surface area contributed by atoms with E-state index in [0.717, 1.165) is 16.8 Å². The Kier molecular flexibility index (Phi) is 5.89. The van der Waals surface area contributed by atoms with Crippen LogP contribution in [0.25, 0.3) is 0 Å². The van der Waals surface area contributed by atoms with E-state index in [1.807, 2.05) is 32.0 Å². The highest BCUT2D eigenvalue weighted by Crippen LogP contribution is 2.27. The Labute approximate surface area is 165 Å². The normalized spacial score (nSPS) is 18.3. The van der Waals surface area contributed by atoms with Crippen LogP contribution in [0, 0.1) is 19.8 Å². The van der Waals surface area contributed by atoms with Crippen molar-refractivity contribution in [3.8, 4) is 0 Å². The first kappa shape index (κ1) is 19.9. The molecule has 0 aromatic heterocycles. The minimum absolute atomic E-state index is 0.136. The summed E-state index contributed by atoms with van der Waals surface area (Å²) in [5.74, 6) is -0.511. The monoisotopic (exact) mass is 406 g/mol. The lowest BCUT2D eigenvalue weighted by molar-refractivity contribution is -0.120. The summed E-state index contributed by atoms with van der Waals surface area (Å²) < 4.78 is 27.2. The molecule has 1 atom stereocenters. The molecular weight excluding hydrogens is 384 g/mol. The first-order valence-corrected chi connectivity index (χ1v) is 10.7. The van der Waals surface area contributed by atoms with Crippen molar-refractivity contribution in [3.05, 3.63) is 58.6 Å². The fraction of sp³-hybridized carbons (Fsp3) is 0.350. The third-order valence-corrected chi connectivity index (χ3v) is 7.07. The van der Waals surface area contributed by atoms with Gasteiger partial charge in [-0.25, -0.2) is 8.42 Å². The van der Waals surface area contributed by atoms with Gasteiger partial charge in [0, 0.05) is 23.8 Å². The van der Waals surface area contributed by atoms with E-state index >= 15 is 0 Å². The number of amides is 1. The second kappa shape index (κ2) is 8.00. The van der Waals surface area contributed by atoms with Crippen LogP contribution in [0.3, 0.4) is 0 Å². The maximum absolute atomic E-state index is 12.9. The largest absolute Gasteiger partial charge is 0.325 e. The summed E-state index contributed by atoms with van der Waals surface area (Å²) in [7, 11) is -3.64. The van der Waals surface area contributed by atoms with Crippen LogP contribution in [0.5, 0.6) is 0 Å². The first-order valence-electron chi connectivity index (χ1n) is 8.92. The predicted octanol–water partition coefficient (Wildman–Crippen LogP) is 4.00. The molecule has 1 unspecified atom stereocenters. The number of halogens is 1. The Balaban J connectivity index is 1.75. The topological polar surface area (TPSA) is 66.5 Å². The number of aryl methyl sites for hydroxylation is 2. The van der Waals surface area contributed by atoms with Gasteiger partial charge in [0.05, 0.1) is 10.8 Å². The molecule has 1 aliphatic heterocycles. The number of carbonyl (C=O) groups excluding carboxylic acids is 1. The molecule has 2 aromatic carbocycles. The SMILES string of the molecule is Cc1cccc(C)c1NC(=O)C1CCCN(S(=O)(=O)c2ccc(Cl)cc2)C1. The third kappa shape index (κ3) is 4.34. The number of benzene rings is 2. The first-order chi connectivity index (χ1) is 12.8. The molecule has 1 amide bonds. The van der Waals surface area contributed by atoms with Gasteiger partial charge in [0.25, 0.3) is 0 Å². The van der Waals surface area contributed by atoms with Gasteiger partial charge in [0.15, 0.2) is 0 Å². The number of rotatable bonds is 4. The number of sulfonamides is 1. The van der Waals surface area contributed by atoms with Crippen molar-refractivity contribution < 1.29 is 13.2 Å². The van der Waals surface area contributed by atoms with Gasteiger partial charge >= 0.3 is 0 Å². The fourth-order valence-electron chi connectivity index (χ4n) is 3.37. The van der Waals surface area contributed by atoms with Crippen LogP contribution < -0.4 is 5.32 Å². The molecule has 0 aliphatic carbocycles. The average molecular weight is 407 g/mol. The van der Waals surface area contributed by atoms with E-state index in [-0.39, 0.29) is 23.3 Å². The Morgan fingerprint density at radius 2 is 1.74 bits per heavy atom. The van der Waals surface area contributed by atoms with Gasteiger partial charge < -0.3 is 5.32 Å². The van der Waals surface area contributed by atoms with Crippen LogP contribution in [-0.4, -0.2) is 31.7 Å². The van der Waals surface area contributed by atoms with E-state index in [1.165, 1.54) is 16.4 Å². The van der Waals surface area contributed by atoms with E-state index in [1.54, 1.807) is 12.1 Å². The second-order valence-corrected chi connectivity index (χ2v) is 9.29. The Bertz CT molecular complexity index is 922. The zero-order valence-corrected chi connectivity index (χ0v) is 17.0. The summed E-state index contributed by atoms with van der Waals surface area (Å²) in [4.78, 5) is 13.0. The lowest BCUT2D eigenvalue weighted by Crippen LogP contribution is -2.43. The van der Waals surface area contributed by atoms with Crippen LogP contribution in [0.1, 0.15) is 24.0 Å². The maximum atomic E-state index is 12.9. The quantitative estimate of drug-likeness (QED) is 0.834. The number of nitrogens with one attached hydrogen (secondary N) is 1. The van der Waals surface area contributed by atoms with Crippen molar-refractivity contribution in [3.63, 3.8) is 0 Å². The van der Waals surface area contributed by atoms with Crippen molar-refractivity contribution in [1.29, 1.82) is 0 Å². The summed E-state index contributed by atoms with van der Waals surface area (Å²) >= 11 is 5.85. The van der Waals surface area contributed by atoms with E-state index in [2.05, 4.69) is 5.32 Å². The molecule has 2 aromatic rings. The maximum Gasteiger partial charge on any atom is 0.243 e. The molecule has 0 bridgehead atoms. The molecule has 1 aliphatic rings. The number of para-hydroxylation sites is 1. The number of nitrogens with zero attached hydrogens (tertiary/aromatic N) is 1. The van der Waals surface area contributed by atoms with Crippen LogP contribution in [0.4, 0.5) is 5.69 Å². The molecule has 0 radical (unpaired) electrons. The Morgan fingerprint density at radius 3 is 2.37 bits per heavy atom. The average Bonchev–Trinajstić information content (AvgIpc) is 2.65. The molecule has 144 valence electrons. The second-order valence-electron chi connectivity index (χ2n) is 6.91. The van der Waals surface area contributed by atoms with Gasteiger partial charge in [-0.05, 0) is 62.1 Å². The van der Waals surface area contributed by atoms with Crippen LogP contribution in [0.2, 0.25) is 5.02 Å². The van der Waals surface area contributed by atoms with Crippen molar-refractivity contribution in [2.24, 2.45) is 5.92 Å². The van der Waals surface area contributed by atoms with Gasteiger partial charge in [-0.15, -0.1) is 0 Å². The minimum atomic E-state index is -3.64. The molecule has 1 fully saturated rings. The Morgan fingerprint density at radius 1 is 1.11 bits per heavy atom.